The zero-order chi connectivity index (χ0) is 18.0. The molecule has 1 fully saturated rings. The van der Waals surface area contributed by atoms with Crippen molar-refractivity contribution in [2.24, 2.45) is 0 Å². The van der Waals surface area contributed by atoms with Crippen LogP contribution in [0.4, 0.5) is 0 Å². The second kappa shape index (κ2) is 7.20. The van der Waals surface area contributed by atoms with E-state index in [0.717, 1.165) is 12.1 Å². The number of hydrogen-bond acceptors (Lipinski definition) is 9. The van der Waals surface area contributed by atoms with Crippen LogP contribution in [0.5, 0.6) is 17.2 Å². The van der Waals surface area contributed by atoms with E-state index in [9.17, 15) is 35.4 Å². The third-order valence-corrected chi connectivity index (χ3v) is 3.69. The van der Waals surface area contributed by atoms with Gasteiger partial charge in [0.25, 0.3) is 0 Å². The first-order valence-electron chi connectivity index (χ1n) is 7.08. The minimum Gasteiger partial charge on any atom is -0.504 e. The lowest BCUT2D eigenvalue weighted by molar-refractivity contribution is -0.235. The number of nitrogens with one attached hydrogen (secondary N) is 1. The van der Waals surface area contributed by atoms with Crippen molar-refractivity contribution in [2.45, 2.75) is 37.1 Å². The predicted octanol–water partition coefficient (Wildman–Crippen LogP) is -2.74. The fourth-order valence-corrected chi connectivity index (χ4v) is 2.38. The molecule has 134 valence electrons. The van der Waals surface area contributed by atoms with Crippen LogP contribution in [0.3, 0.4) is 0 Å². The second-order valence-corrected chi connectivity index (χ2v) is 5.48. The number of hydrogen-bond donors (Lipinski definition) is 8. The monoisotopic (exact) mass is 345 g/mol. The maximum atomic E-state index is 12.0. The molecule has 10 nitrogen and oxygen atoms in total. The van der Waals surface area contributed by atoms with Gasteiger partial charge in [-0.3, -0.25) is 4.79 Å². The molecule has 5 atom stereocenters. The van der Waals surface area contributed by atoms with Crippen LogP contribution in [0.1, 0.15) is 5.56 Å². The fraction of sp³-hybridized carbons (Fsp3) is 0.500. The standard InChI is InChI=1S/C14H19NO9/c16-4-8-11(21)12(22)13(23)14(24-8)15-9(19)3-5-1-6(17)10(20)7(18)2-5/h1-2,8,11-14,16-18,20-23H,3-4H2,(H,15,19)/t8?,11-,12?,13+,14-/m1/s1. The van der Waals surface area contributed by atoms with E-state index in [2.05, 4.69) is 5.32 Å². The van der Waals surface area contributed by atoms with E-state index >= 15 is 0 Å². The molecule has 1 aliphatic rings. The smallest absolute Gasteiger partial charge is 0.226 e. The molecule has 1 aromatic rings. The Labute approximate surface area is 136 Å². The van der Waals surface area contributed by atoms with Crippen LogP contribution >= 0.6 is 0 Å². The summed E-state index contributed by atoms with van der Waals surface area (Å²) in [6, 6.07) is 2.14. The molecule has 0 aromatic heterocycles. The molecule has 0 spiro atoms. The van der Waals surface area contributed by atoms with Crippen molar-refractivity contribution in [1.29, 1.82) is 0 Å². The molecule has 10 heteroatoms. The highest BCUT2D eigenvalue weighted by Gasteiger charge is 2.43. The van der Waals surface area contributed by atoms with Crippen LogP contribution in [0.25, 0.3) is 0 Å². The molecule has 0 aliphatic carbocycles. The summed E-state index contributed by atoms with van der Waals surface area (Å²) in [6.45, 7) is -0.628. The first-order chi connectivity index (χ1) is 11.2. The van der Waals surface area contributed by atoms with Gasteiger partial charge in [0, 0.05) is 0 Å². The van der Waals surface area contributed by atoms with E-state index in [1.165, 1.54) is 0 Å². The number of aliphatic hydroxyl groups excluding tert-OH is 4. The molecule has 1 saturated heterocycles. The van der Waals surface area contributed by atoms with Gasteiger partial charge in [-0.15, -0.1) is 0 Å². The van der Waals surface area contributed by atoms with Crippen LogP contribution in [-0.4, -0.2) is 78.9 Å². The average Bonchev–Trinajstić information content (AvgIpc) is 2.53. The van der Waals surface area contributed by atoms with Gasteiger partial charge in [-0.25, -0.2) is 0 Å². The maximum Gasteiger partial charge on any atom is 0.226 e. The molecule has 0 bridgehead atoms. The molecule has 2 unspecified atom stereocenters. The zero-order valence-electron chi connectivity index (χ0n) is 12.4. The Morgan fingerprint density at radius 1 is 1.04 bits per heavy atom. The van der Waals surface area contributed by atoms with E-state index in [-0.39, 0.29) is 12.0 Å². The van der Waals surface area contributed by atoms with Gasteiger partial charge in [0.05, 0.1) is 13.0 Å². The highest BCUT2D eigenvalue weighted by atomic mass is 16.6. The van der Waals surface area contributed by atoms with E-state index in [1.54, 1.807) is 0 Å². The number of ether oxygens (including phenoxy) is 1. The number of amides is 1. The number of aromatic hydroxyl groups is 3. The van der Waals surface area contributed by atoms with Gasteiger partial charge in [-0.1, -0.05) is 0 Å². The SMILES string of the molecule is O=C(Cc1cc(O)c(O)c(O)c1)N[C@@H]1OC(CO)[C@@H](O)C(O)[C@@H]1O. The van der Waals surface area contributed by atoms with Crippen LogP contribution in [0.2, 0.25) is 0 Å². The highest BCUT2D eigenvalue weighted by molar-refractivity contribution is 5.79. The van der Waals surface area contributed by atoms with Crippen LogP contribution in [-0.2, 0) is 16.0 Å². The largest absolute Gasteiger partial charge is 0.504 e. The molecule has 1 aromatic carbocycles. The van der Waals surface area contributed by atoms with Gasteiger partial charge in [-0.2, -0.15) is 0 Å². The van der Waals surface area contributed by atoms with Gasteiger partial charge in [-0.05, 0) is 17.7 Å². The maximum absolute atomic E-state index is 12.0. The minimum atomic E-state index is -1.62. The fourth-order valence-electron chi connectivity index (χ4n) is 2.38. The topological polar surface area (TPSA) is 180 Å². The van der Waals surface area contributed by atoms with Crippen LogP contribution < -0.4 is 5.32 Å². The first kappa shape index (κ1) is 18.2. The molecule has 0 radical (unpaired) electrons. The Kier molecular flexibility index (Phi) is 5.47. The van der Waals surface area contributed by atoms with Crippen molar-refractivity contribution in [3.63, 3.8) is 0 Å². The third kappa shape index (κ3) is 3.68. The first-order valence-corrected chi connectivity index (χ1v) is 7.08. The second-order valence-electron chi connectivity index (χ2n) is 5.48. The lowest BCUT2D eigenvalue weighted by Gasteiger charge is -2.40. The van der Waals surface area contributed by atoms with E-state index in [4.69, 9.17) is 9.84 Å². The summed E-state index contributed by atoms with van der Waals surface area (Å²) in [6.07, 6.45) is -7.64. The summed E-state index contributed by atoms with van der Waals surface area (Å²) < 4.78 is 5.12. The van der Waals surface area contributed by atoms with Gasteiger partial charge < -0.3 is 45.8 Å². The normalized spacial score (nSPS) is 30.1. The number of phenolic OH excluding ortho intramolecular Hbond substituents is 3. The lowest BCUT2D eigenvalue weighted by atomic mass is 9.98. The Morgan fingerprint density at radius 3 is 2.17 bits per heavy atom. The quantitative estimate of drug-likeness (QED) is 0.269. The summed E-state index contributed by atoms with van der Waals surface area (Å²) in [4.78, 5) is 12.0. The number of phenols is 3. The summed E-state index contributed by atoms with van der Waals surface area (Å²) >= 11 is 0. The number of carbonyl (C=O) groups is 1. The molecule has 1 amide bonds. The highest BCUT2D eigenvalue weighted by Crippen LogP contribution is 2.35. The molecule has 8 N–H and O–H groups in total. The number of carbonyl (C=O) groups excluding carboxylic acids is 1. The summed E-state index contributed by atoms with van der Waals surface area (Å²) in [5.74, 6) is -2.62. The van der Waals surface area contributed by atoms with Crippen LogP contribution in [0, 0.1) is 0 Å². The molecule has 24 heavy (non-hydrogen) atoms. The Balaban J connectivity index is 2.04. The Morgan fingerprint density at radius 2 is 1.62 bits per heavy atom. The van der Waals surface area contributed by atoms with Gasteiger partial charge in [0.2, 0.25) is 5.91 Å². The number of aliphatic hydroxyl groups is 4. The molecule has 1 heterocycles. The van der Waals surface area contributed by atoms with E-state index in [0.29, 0.717) is 0 Å². The molecule has 2 rings (SSSR count). The lowest BCUT2D eigenvalue weighted by Crippen LogP contribution is -2.63. The molecular weight excluding hydrogens is 326 g/mol. The Bertz CT molecular complexity index is 583. The zero-order valence-corrected chi connectivity index (χ0v) is 12.4. The predicted molar refractivity (Wildman–Crippen MR) is 77.1 cm³/mol. The van der Waals surface area contributed by atoms with Crippen molar-refractivity contribution in [3.8, 4) is 17.2 Å². The molecule has 0 saturated carbocycles. The minimum absolute atomic E-state index is 0.171. The van der Waals surface area contributed by atoms with Crippen molar-refractivity contribution >= 4 is 5.91 Å². The molecule has 1 aliphatic heterocycles. The van der Waals surface area contributed by atoms with E-state index in [1.807, 2.05) is 0 Å². The van der Waals surface area contributed by atoms with Crippen molar-refractivity contribution < 1.29 is 45.3 Å². The molecular formula is C14H19NO9. The number of rotatable bonds is 4. The van der Waals surface area contributed by atoms with Crippen molar-refractivity contribution in [3.05, 3.63) is 17.7 Å². The van der Waals surface area contributed by atoms with Gasteiger partial charge in [0.15, 0.2) is 23.5 Å². The third-order valence-electron chi connectivity index (χ3n) is 3.69. The van der Waals surface area contributed by atoms with Crippen LogP contribution in [0.15, 0.2) is 12.1 Å². The average molecular weight is 345 g/mol. The van der Waals surface area contributed by atoms with Crippen molar-refractivity contribution in [2.75, 3.05) is 6.61 Å². The Hall–Kier alpha value is -2.11. The van der Waals surface area contributed by atoms with Gasteiger partial charge in [0.1, 0.15) is 24.4 Å². The summed E-state index contributed by atoms with van der Waals surface area (Å²) in [5.41, 5.74) is 0.171. The number of benzene rings is 1. The van der Waals surface area contributed by atoms with Crippen molar-refractivity contribution in [1.82, 2.24) is 5.32 Å². The van der Waals surface area contributed by atoms with E-state index < -0.39 is 60.4 Å². The summed E-state index contributed by atoms with van der Waals surface area (Å²) in [5, 5.41) is 68.5. The van der Waals surface area contributed by atoms with Gasteiger partial charge >= 0.3 is 0 Å². The summed E-state index contributed by atoms with van der Waals surface area (Å²) in [7, 11) is 0.